The third-order valence-corrected chi connectivity index (χ3v) is 4.34. The minimum absolute atomic E-state index is 0.0672. The van der Waals surface area contributed by atoms with Gasteiger partial charge in [0.15, 0.2) is 0 Å². The van der Waals surface area contributed by atoms with Crippen LogP contribution in [0.2, 0.25) is 0 Å². The Morgan fingerprint density at radius 3 is 2.63 bits per heavy atom. The lowest BCUT2D eigenvalue weighted by Crippen LogP contribution is -2.50. The maximum atomic E-state index is 12.2. The van der Waals surface area contributed by atoms with Crippen LogP contribution in [0.15, 0.2) is 0 Å². The molecule has 0 bridgehead atoms. The number of rotatable bonds is 5. The number of nitrogens with one attached hydrogen (secondary N) is 1. The number of carbonyl (C=O) groups excluding carboxylic acids is 1. The fourth-order valence-corrected chi connectivity index (χ4v) is 3.06. The highest BCUT2D eigenvalue weighted by Gasteiger charge is 2.32. The Hall–Kier alpha value is -0.610. The van der Waals surface area contributed by atoms with E-state index in [-0.39, 0.29) is 18.1 Å². The number of aliphatic hydroxyl groups excluding tert-OH is 1. The average molecular weight is 268 g/mol. The fraction of sp³-hybridized carbons (Fsp3) is 0.933. The van der Waals surface area contributed by atoms with Gasteiger partial charge in [-0.05, 0) is 52.5 Å². The number of aliphatic hydroxyl groups is 1. The molecule has 4 nitrogen and oxygen atoms in total. The van der Waals surface area contributed by atoms with Crippen molar-refractivity contribution in [1.82, 2.24) is 10.2 Å². The molecule has 0 aromatic carbocycles. The first-order valence-corrected chi connectivity index (χ1v) is 7.82. The third kappa shape index (κ3) is 4.46. The average Bonchev–Trinajstić information content (AvgIpc) is 3.15. The molecule has 2 fully saturated rings. The van der Waals surface area contributed by atoms with Crippen LogP contribution in [0.25, 0.3) is 0 Å². The Morgan fingerprint density at radius 2 is 2.00 bits per heavy atom. The summed E-state index contributed by atoms with van der Waals surface area (Å²) in [4.78, 5) is 14.5. The highest BCUT2D eigenvalue weighted by molar-refractivity contribution is 5.81. The molecular weight excluding hydrogens is 240 g/mol. The summed E-state index contributed by atoms with van der Waals surface area (Å²) < 4.78 is 0. The molecule has 0 aromatic heterocycles. The molecule has 0 spiro atoms. The van der Waals surface area contributed by atoms with Crippen LogP contribution in [0.3, 0.4) is 0 Å². The second-order valence-corrected chi connectivity index (χ2v) is 6.28. The minimum atomic E-state index is -0.288. The van der Waals surface area contributed by atoms with Crippen molar-refractivity contribution >= 4 is 5.91 Å². The van der Waals surface area contributed by atoms with Crippen molar-refractivity contribution in [3.63, 3.8) is 0 Å². The molecule has 3 unspecified atom stereocenters. The van der Waals surface area contributed by atoms with Crippen molar-refractivity contribution in [2.75, 3.05) is 6.54 Å². The number of likely N-dealkylation sites (tertiary alicyclic amines) is 1. The summed E-state index contributed by atoms with van der Waals surface area (Å²) in [7, 11) is 0. The van der Waals surface area contributed by atoms with Crippen LogP contribution in [0, 0.1) is 0 Å². The summed E-state index contributed by atoms with van der Waals surface area (Å²) in [6, 6.07) is 0.710. The van der Waals surface area contributed by atoms with Crippen LogP contribution in [0.5, 0.6) is 0 Å². The number of amides is 1. The van der Waals surface area contributed by atoms with E-state index in [1.807, 2.05) is 13.8 Å². The predicted molar refractivity (Wildman–Crippen MR) is 75.9 cm³/mol. The van der Waals surface area contributed by atoms with Gasteiger partial charge in [-0.3, -0.25) is 9.69 Å². The van der Waals surface area contributed by atoms with Gasteiger partial charge in [0, 0.05) is 12.1 Å². The second kappa shape index (κ2) is 6.71. The lowest BCUT2D eigenvalue weighted by molar-refractivity contribution is -0.127. The van der Waals surface area contributed by atoms with E-state index in [1.54, 1.807) is 0 Å². The Balaban J connectivity index is 1.96. The van der Waals surface area contributed by atoms with E-state index in [0.717, 1.165) is 38.6 Å². The molecule has 3 atom stereocenters. The first-order valence-electron chi connectivity index (χ1n) is 7.82. The zero-order chi connectivity index (χ0) is 13.8. The molecular formula is C15H28N2O2. The van der Waals surface area contributed by atoms with Crippen LogP contribution in [-0.4, -0.2) is 46.7 Å². The van der Waals surface area contributed by atoms with E-state index in [0.29, 0.717) is 12.1 Å². The lowest BCUT2D eigenvalue weighted by atomic mass is 10.0. The molecule has 1 saturated heterocycles. The summed E-state index contributed by atoms with van der Waals surface area (Å²) in [6.07, 6.45) is 7.48. The van der Waals surface area contributed by atoms with E-state index in [2.05, 4.69) is 10.2 Å². The summed E-state index contributed by atoms with van der Waals surface area (Å²) >= 11 is 0. The summed E-state index contributed by atoms with van der Waals surface area (Å²) in [6.45, 7) is 4.84. The van der Waals surface area contributed by atoms with E-state index in [4.69, 9.17) is 0 Å². The van der Waals surface area contributed by atoms with Crippen molar-refractivity contribution in [1.29, 1.82) is 0 Å². The van der Waals surface area contributed by atoms with Crippen molar-refractivity contribution < 1.29 is 9.90 Å². The Labute approximate surface area is 116 Å². The van der Waals surface area contributed by atoms with Gasteiger partial charge in [0.2, 0.25) is 5.91 Å². The summed E-state index contributed by atoms with van der Waals surface area (Å²) in [5.41, 5.74) is 0. The van der Waals surface area contributed by atoms with Gasteiger partial charge in [-0.25, -0.2) is 0 Å². The molecule has 1 heterocycles. The van der Waals surface area contributed by atoms with E-state index >= 15 is 0 Å². The Bertz CT molecular complexity index is 303. The molecule has 1 aliphatic carbocycles. The molecule has 4 heteroatoms. The quantitative estimate of drug-likeness (QED) is 0.797. The first kappa shape index (κ1) is 14.8. The molecule has 2 N–H and O–H groups in total. The zero-order valence-corrected chi connectivity index (χ0v) is 12.3. The van der Waals surface area contributed by atoms with Crippen molar-refractivity contribution in [3.05, 3.63) is 0 Å². The Kier molecular flexibility index (Phi) is 5.22. The Morgan fingerprint density at radius 1 is 1.26 bits per heavy atom. The number of hydrogen-bond acceptors (Lipinski definition) is 3. The number of nitrogens with zero attached hydrogens (tertiary/aromatic N) is 1. The molecule has 2 aliphatic rings. The SMILES string of the molecule is CC(O)CC1CCCCCN1C(C)C(=O)NC1CC1. The monoisotopic (exact) mass is 268 g/mol. The van der Waals surface area contributed by atoms with Gasteiger partial charge in [-0.1, -0.05) is 12.8 Å². The molecule has 1 amide bonds. The fourth-order valence-electron chi connectivity index (χ4n) is 3.06. The van der Waals surface area contributed by atoms with Gasteiger partial charge in [-0.2, -0.15) is 0 Å². The van der Waals surface area contributed by atoms with Gasteiger partial charge in [0.05, 0.1) is 12.1 Å². The van der Waals surface area contributed by atoms with E-state index < -0.39 is 0 Å². The highest BCUT2D eigenvalue weighted by atomic mass is 16.3. The van der Waals surface area contributed by atoms with Crippen LogP contribution in [0.4, 0.5) is 0 Å². The molecule has 0 radical (unpaired) electrons. The molecule has 110 valence electrons. The predicted octanol–water partition coefficient (Wildman–Crippen LogP) is 1.67. The smallest absolute Gasteiger partial charge is 0.237 e. The molecule has 1 saturated carbocycles. The summed E-state index contributed by atoms with van der Waals surface area (Å²) in [5, 5.41) is 12.8. The van der Waals surface area contributed by atoms with Crippen LogP contribution in [-0.2, 0) is 4.79 Å². The van der Waals surface area contributed by atoms with Gasteiger partial charge < -0.3 is 10.4 Å². The van der Waals surface area contributed by atoms with Gasteiger partial charge in [0.25, 0.3) is 0 Å². The maximum Gasteiger partial charge on any atom is 0.237 e. The van der Waals surface area contributed by atoms with Crippen molar-refractivity contribution in [2.45, 2.75) is 83.0 Å². The molecule has 19 heavy (non-hydrogen) atoms. The van der Waals surface area contributed by atoms with Crippen LogP contribution < -0.4 is 5.32 Å². The zero-order valence-electron chi connectivity index (χ0n) is 12.3. The van der Waals surface area contributed by atoms with Gasteiger partial charge >= 0.3 is 0 Å². The third-order valence-electron chi connectivity index (χ3n) is 4.34. The molecule has 0 aromatic rings. The minimum Gasteiger partial charge on any atom is -0.393 e. The molecule has 2 rings (SSSR count). The number of hydrogen-bond donors (Lipinski definition) is 2. The van der Waals surface area contributed by atoms with Crippen LogP contribution in [0.1, 0.15) is 58.8 Å². The van der Waals surface area contributed by atoms with Gasteiger partial charge in [-0.15, -0.1) is 0 Å². The van der Waals surface area contributed by atoms with E-state index in [9.17, 15) is 9.90 Å². The topological polar surface area (TPSA) is 52.6 Å². The number of carbonyl (C=O) groups is 1. The first-order chi connectivity index (χ1) is 9.08. The lowest BCUT2D eigenvalue weighted by Gasteiger charge is -2.35. The van der Waals surface area contributed by atoms with E-state index in [1.165, 1.54) is 12.8 Å². The van der Waals surface area contributed by atoms with Crippen molar-refractivity contribution in [2.24, 2.45) is 0 Å². The largest absolute Gasteiger partial charge is 0.393 e. The van der Waals surface area contributed by atoms with Crippen LogP contribution >= 0.6 is 0 Å². The summed E-state index contributed by atoms with van der Waals surface area (Å²) in [5.74, 6) is 0.167. The van der Waals surface area contributed by atoms with Gasteiger partial charge in [0.1, 0.15) is 0 Å². The standard InChI is InChI=1S/C15H28N2O2/c1-11(18)10-14-6-4-3-5-9-17(14)12(2)15(19)16-13-7-8-13/h11-14,18H,3-10H2,1-2H3,(H,16,19). The van der Waals surface area contributed by atoms with Crippen molar-refractivity contribution in [3.8, 4) is 0 Å². The normalized spacial score (nSPS) is 28.5. The maximum absolute atomic E-state index is 12.2. The molecule has 1 aliphatic heterocycles. The second-order valence-electron chi connectivity index (χ2n) is 6.28. The highest BCUT2D eigenvalue weighted by Crippen LogP contribution is 2.24.